The lowest BCUT2D eigenvalue weighted by molar-refractivity contribution is -0.332. The molecule has 2 aliphatic rings. The molecule has 2 fully saturated rings. The summed E-state index contributed by atoms with van der Waals surface area (Å²) < 4.78 is 33.2. The van der Waals surface area contributed by atoms with Crippen LogP contribution in [0.15, 0.2) is 0 Å². The van der Waals surface area contributed by atoms with Crippen LogP contribution in [-0.4, -0.2) is 142 Å². The van der Waals surface area contributed by atoms with Gasteiger partial charge < -0.3 is 64.2 Å². The van der Waals surface area contributed by atoms with Crippen molar-refractivity contribution in [2.45, 2.75) is 210 Å². The van der Waals surface area contributed by atoms with Crippen molar-refractivity contribution >= 4 is 11.9 Å². The lowest BCUT2D eigenvalue weighted by Crippen LogP contribution is -2.61. The van der Waals surface area contributed by atoms with E-state index < -0.39 is 92.7 Å². The van der Waals surface area contributed by atoms with Gasteiger partial charge in [-0.2, -0.15) is 0 Å². The van der Waals surface area contributed by atoms with Crippen LogP contribution >= 0.6 is 0 Å². The van der Waals surface area contributed by atoms with Crippen LogP contribution in [0.25, 0.3) is 0 Å². The van der Waals surface area contributed by atoms with Crippen molar-refractivity contribution in [2.75, 3.05) is 26.4 Å². The number of hydrogen-bond donors (Lipinski definition) is 7. The molecule has 2 rings (SSSR count). The molecule has 2 heterocycles. The summed E-state index contributed by atoms with van der Waals surface area (Å²) in [5, 5.41) is 71.5. The fourth-order valence-electron chi connectivity index (χ4n) is 6.57. The topological polar surface area (TPSA) is 231 Å². The Balaban J connectivity index is 1.88. The number of unbranched alkanes of at least 4 members (excludes halogenated alkanes) is 16. The second-order valence-corrected chi connectivity index (χ2v) is 14.8. The van der Waals surface area contributed by atoms with Gasteiger partial charge in [-0.15, -0.1) is 0 Å². The standard InChI is InChI=1S/C39H72O15/c1-3-5-7-9-11-12-13-14-16-17-19-21-30(41)49-24-27(52-31(42)22-20-18-15-10-8-6-4-2)25-50-38-37(48)35(46)33(44)29(54-38)26-51-39-36(47)34(45)32(43)28(23-40)53-39/h27-29,32-40,43-48H,3-26H2,1-2H3/t27-,28-,29-,32+,33+,34+,35+,36-,37-,38-,39+/m1/s1. The SMILES string of the molecule is CCCCCCCCCCCCCC(=O)OC[C@H](CO[C@@H]1O[C@H](CO[C@H]2O[C@H](CO)[C@H](O)[C@H](O)[C@H]2O)[C@H](O)[C@H](O)[C@H]1O)OC(=O)CCCCCCCCC. The lowest BCUT2D eigenvalue weighted by atomic mass is 9.98. The van der Waals surface area contributed by atoms with Gasteiger partial charge in [0.2, 0.25) is 0 Å². The summed E-state index contributed by atoms with van der Waals surface area (Å²) in [6.45, 7) is 2.50. The van der Waals surface area contributed by atoms with Crippen LogP contribution in [0.4, 0.5) is 0 Å². The van der Waals surface area contributed by atoms with Gasteiger partial charge in [0, 0.05) is 12.8 Å². The van der Waals surface area contributed by atoms with Gasteiger partial charge in [0.15, 0.2) is 18.7 Å². The number of carbonyl (C=O) groups is 2. The summed E-state index contributed by atoms with van der Waals surface area (Å²) in [4.78, 5) is 25.3. The fraction of sp³-hybridized carbons (Fsp3) is 0.949. The molecule has 0 aromatic carbocycles. The molecule has 54 heavy (non-hydrogen) atoms. The smallest absolute Gasteiger partial charge is 0.306 e. The molecule has 0 amide bonds. The molecule has 15 heteroatoms. The first-order valence-electron chi connectivity index (χ1n) is 20.6. The largest absolute Gasteiger partial charge is 0.462 e. The molecule has 11 atom stereocenters. The van der Waals surface area contributed by atoms with Crippen molar-refractivity contribution in [2.24, 2.45) is 0 Å². The Labute approximate surface area is 321 Å². The Morgan fingerprint density at radius 3 is 1.44 bits per heavy atom. The molecular formula is C39H72O15. The number of hydrogen-bond acceptors (Lipinski definition) is 15. The van der Waals surface area contributed by atoms with Crippen molar-refractivity contribution in [3.8, 4) is 0 Å². The number of carbonyl (C=O) groups excluding carboxylic acids is 2. The Hall–Kier alpha value is -1.50. The number of aliphatic hydroxyl groups is 7. The molecule has 2 aliphatic heterocycles. The first kappa shape index (κ1) is 48.6. The minimum Gasteiger partial charge on any atom is -0.462 e. The highest BCUT2D eigenvalue weighted by molar-refractivity contribution is 5.70. The number of rotatable bonds is 30. The minimum atomic E-state index is -1.76. The third-order valence-corrected chi connectivity index (χ3v) is 10.1. The van der Waals surface area contributed by atoms with Gasteiger partial charge in [-0.05, 0) is 12.8 Å². The molecule has 0 saturated carbocycles. The molecule has 0 aromatic rings. The van der Waals surface area contributed by atoms with E-state index in [0.717, 1.165) is 51.4 Å². The van der Waals surface area contributed by atoms with E-state index in [2.05, 4.69) is 13.8 Å². The molecule has 0 unspecified atom stereocenters. The molecule has 2 saturated heterocycles. The predicted molar refractivity (Wildman–Crippen MR) is 197 cm³/mol. The maximum absolute atomic E-state index is 12.8. The number of aliphatic hydroxyl groups excluding tert-OH is 7. The van der Waals surface area contributed by atoms with Crippen molar-refractivity contribution < 1.29 is 73.8 Å². The van der Waals surface area contributed by atoms with E-state index in [1.54, 1.807) is 0 Å². The Morgan fingerprint density at radius 1 is 0.519 bits per heavy atom. The summed E-state index contributed by atoms with van der Waals surface area (Å²) in [5.74, 6) is -0.929. The van der Waals surface area contributed by atoms with Crippen molar-refractivity contribution in [1.82, 2.24) is 0 Å². The lowest BCUT2D eigenvalue weighted by Gasteiger charge is -2.42. The summed E-state index contributed by atoms with van der Waals surface area (Å²) in [7, 11) is 0. The summed E-state index contributed by atoms with van der Waals surface area (Å²) >= 11 is 0. The maximum Gasteiger partial charge on any atom is 0.306 e. The molecule has 7 N–H and O–H groups in total. The van der Waals surface area contributed by atoms with E-state index in [1.807, 2.05) is 0 Å². The minimum absolute atomic E-state index is 0.168. The quantitative estimate of drug-likeness (QED) is 0.0411. The Kier molecular flexibility index (Phi) is 26.0. The second kappa shape index (κ2) is 28.8. The summed E-state index contributed by atoms with van der Waals surface area (Å²) in [6, 6.07) is 0. The third-order valence-electron chi connectivity index (χ3n) is 10.1. The zero-order valence-electron chi connectivity index (χ0n) is 32.7. The highest BCUT2D eigenvalue weighted by Crippen LogP contribution is 2.26. The van der Waals surface area contributed by atoms with Gasteiger partial charge in [0.25, 0.3) is 0 Å². The Morgan fingerprint density at radius 2 is 0.944 bits per heavy atom. The normalized spacial score (nSPS) is 29.2. The number of ether oxygens (including phenoxy) is 6. The van der Waals surface area contributed by atoms with Crippen molar-refractivity contribution in [3.05, 3.63) is 0 Å². The molecule has 0 aromatic heterocycles. The van der Waals surface area contributed by atoms with Crippen LogP contribution in [-0.2, 0) is 38.0 Å². The molecule has 0 aliphatic carbocycles. The average Bonchev–Trinajstić information content (AvgIpc) is 3.16. The van der Waals surface area contributed by atoms with Gasteiger partial charge in [-0.3, -0.25) is 9.59 Å². The first-order valence-corrected chi connectivity index (χ1v) is 20.6. The van der Waals surface area contributed by atoms with Crippen LogP contribution in [0, 0.1) is 0 Å². The van der Waals surface area contributed by atoms with Gasteiger partial charge in [0.05, 0.1) is 19.8 Å². The molecule has 318 valence electrons. The molecule has 0 spiro atoms. The first-order chi connectivity index (χ1) is 26.0. The van der Waals surface area contributed by atoms with E-state index in [0.29, 0.717) is 12.8 Å². The summed E-state index contributed by atoms with van der Waals surface area (Å²) in [6.07, 6.45) is 3.34. The predicted octanol–water partition coefficient (Wildman–Crippen LogP) is 2.92. The zero-order chi connectivity index (χ0) is 39.7. The Bertz CT molecular complexity index is 970. The zero-order valence-corrected chi connectivity index (χ0v) is 32.7. The summed E-state index contributed by atoms with van der Waals surface area (Å²) in [5.41, 5.74) is 0. The van der Waals surface area contributed by atoms with Crippen LogP contribution in [0.3, 0.4) is 0 Å². The van der Waals surface area contributed by atoms with Crippen molar-refractivity contribution in [3.63, 3.8) is 0 Å². The molecule has 0 radical (unpaired) electrons. The van der Waals surface area contributed by atoms with E-state index in [9.17, 15) is 45.3 Å². The van der Waals surface area contributed by atoms with Gasteiger partial charge in [-0.25, -0.2) is 0 Å². The van der Waals surface area contributed by atoms with E-state index in [-0.39, 0.29) is 26.1 Å². The molecular weight excluding hydrogens is 708 g/mol. The van der Waals surface area contributed by atoms with Gasteiger partial charge in [0.1, 0.15) is 55.4 Å². The average molecular weight is 781 g/mol. The molecule has 15 nitrogen and oxygen atoms in total. The monoisotopic (exact) mass is 780 g/mol. The van der Waals surface area contributed by atoms with Crippen LogP contribution in [0.2, 0.25) is 0 Å². The van der Waals surface area contributed by atoms with E-state index >= 15 is 0 Å². The molecule has 0 bridgehead atoms. The second-order valence-electron chi connectivity index (χ2n) is 14.8. The van der Waals surface area contributed by atoms with E-state index in [1.165, 1.54) is 51.4 Å². The van der Waals surface area contributed by atoms with Gasteiger partial charge >= 0.3 is 11.9 Å². The maximum atomic E-state index is 12.8. The van der Waals surface area contributed by atoms with Crippen LogP contribution in [0.1, 0.15) is 142 Å². The van der Waals surface area contributed by atoms with Crippen molar-refractivity contribution in [1.29, 1.82) is 0 Å². The van der Waals surface area contributed by atoms with Crippen LogP contribution in [0.5, 0.6) is 0 Å². The number of esters is 2. The fourth-order valence-corrected chi connectivity index (χ4v) is 6.57. The van der Waals surface area contributed by atoms with Gasteiger partial charge in [-0.1, -0.05) is 117 Å². The third kappa shape index (κ3) is 18.6. The highest BCUT2D eigenvalue weighted by atomic mass is 16.7. The van der Waals surface area contributed by atoms with Crippen LogP contribution < -0.4 is 0 Å². The van der Waals surface area contributed by atoms with E-state index in [4.69, 9.17) is 28.4 Å². The highest BCUT2D eigenvalue weighted by Gasteiger charge is 2.47.